The summed E-state index contributed by atoms with van der Waals surface area (Å²) in [7, 11) is 0. The summed E-state index contributed by atoms with van der Waals surface area (Å²) in [6.07, 6.45) is -1.97. The molecule has 0 unspecified atom stereocenters. The van der Waals surface area contributed by atoms with Crippen LogP contribution in [0.15, 0.2) is 24.4 Å². The number of hydrogen-bond acceptors (Lipinski definition) is 5. The van der Waals surface area contributed by atoms with Crippen LogP contribution in [0.2, 0.25) is 5.02 Å². The molecular weight excluding hydrogens is 407 g/mol. The van der Waals surface area contributed by atoms with E-state index >= 15 is 0 Å². The number of halogens is 4. The molecule has 1 saturated heterocycles. The van der Waals surface area contributed by atoms with Crippen molar-refractivity contribution in [1.29, 1.82) is 0 Å². The second-order valence-electron chi connectivity index (χ2n) is 6.83. The van der Waals surface area contributed by atoms with E-state index in [-0.39, 0.29) is 24.2 Å². The van der Waals surface area contributed by atoms with E-state index in [0.717, 1.165) is 18.2 Å². The Bertz CT molecular complexity index is 891. The van der Waals surface area contributed by atoms with E-state index in [2.05, 4.69) is 20.6 Å². The maximum Gasteiger partial charge on any atom is 0.421 e. The zero-order valence-electron chi connectivity index (χ0n) is 15.8. The molecule has 0 spiro atoms. The van der Waals surface area contributed by atoms with Crippen LogP contribution in [0.1, 0.15) is 30.4 Å². The standard InChI is InChI=1S/C19H21ClF3N5O/c1-12-5-6-15(14(20)10-12)26-18-25-11-13(19(21,22)23)17(27-18)24-7-3-9-28-8-2-4-16(28)29/h5-6,10-11H,2-4,7-9H2,1H3,(H2,24,25,26,27). The molecule has 0 aliphatic carbocycles. The number of nitrogens with one attached hydrogen (secondary N) is 2. The summed E-state index contributed by atoms with van der Waals surface area (Å²) in [5.74, 6) is -0.226. The van der Waals surface area contributed by atoms with Gasteiger partial charge in [-0.3, -0.25) is 4.79 Å². The monoisotopic (exact) mass is 427 g/mol. The number of carbonyl (C=O) groups excluding carboxylic acids is 1. The van der Waals surface area contributed by atoms with Gasteiger partial charge in [0.05, 0.1) is 10.7 Å². The number of amides is 1. The highest BCUT2D eigenvalue weighted by molar-refractivity contribution is 6.33. The van der Waals surface area contributed by atoms with Crippen LogP contribution in [-0.4, -0.2) is 40.4 Å². The Morgan fingerprint density at radius 2 is 2.10 bits per heavy atom. The largest absolute Gasteiger partial charge is 0.421 e. The molecule has 1 aromatic carbocycles. The average molecular weight is 428 g/mol. The van der Waals surface area contributed by atoms with Gasteiger partial charge in [-0.05, 0) is 37.5 Å². The van der Waals surface area contributed by atoms with Crippen LogP contribution in [0.3, 0.4) is 0 Å². The number of likely N-dealkylation sites (tertiary alicyclic amines) is 1. The number of anilines is 3. The molecule has 0 radical (unpaired) electrons. The van der Waals surface area contributed by atoms with Crippen molar-refractivity contribution in [2.45, 2.75) is 32.4 Å². The smallest absolute Gasteiger partial charge is 0.369 e. The molecule has 2 heterocycles. The van der Waals surface area contributed by atoms with E-state index in [0.29, 0.717) is 36.6 Å². The molecule has 1 amide bonds. The summed E-state index contributed by atoms with van der Waals surface area (Å²) in [6, 6.07) is 5.25. The second-order valence-corrected chi connectivity index (χ2v) is 7.23. The molecule has 0 saturated carbocycles. The van der Waals surface area contributed by atoms with Gasteiger partial charge in [0.15, 0.2) is 0 Å². The Kier molecular flexibility index (Phi) is 6.46. The van der Waals surface area contributed by atoms with E-state index in [1.165, 1.54) is 0 Å². The number of aryl methyl sites for hydroxylation is 1. The van der Waals surface area contributed by atoms with Gasteiger partial charge in [0.2, 0.25) is 11.9 Å². The minimum atomic E-state index is -4.59. The number of benzene rings is 1. The molecule has 0 atom stereocenters. The van der Waals surface area contributed by atoms with Crippen LogP contribution < -0.4 is 10.6 Å². The van der Waals surface area contributed by atoms with E-state index < -0.39 is 11.7 Å². The molecule has 3 rings (SSSR count). The maximum absolute atomic E-state index is 13.3. The van der Waals surface area contributed by atoms with Gasteiger partial charge in [0.25, 0.3) is 0 Å². The third-order valence-electron chi connectivity index (χ3n) is 4.53. The molecule has 156 valence electrons. The number of rotatable bonds is 7. The summed E-state index contributed by atoms with van der Waals surface area (Å²) in [5.41, 5.74) is 0.499. The molecule has 2 aromatic rings. The van der Waals surface area contributed by atoms with Crippen molar-refractivity contribution in [2.24, 2.45) is 0 Å². The fraction of sp³-hybridized carbons (Fsp3) is 0.421. The lowest BCUT2D eigenvalue weighted by Gasteiger charge is -2.17. The van der Waals surface area contributed by atoms with Gasteiger partial charge >= 0.3 is 6.18 Å². The molecule has 1 aromatic heterocycles. The van der Waals surface area contributed by atoms with Gasteiger partial charge in [-0.15, -0.1) is 0 Å². The zero-order valence-corrected chi connectivity index (χ0v) is 16.6. The van der Waals surface area contributed by atoms with Gasteiger partial charge in [-0.2, -0.15) is 18.2 Å². The Morgan fingerprint density at radius 3 is 2.76 bits per heavy atom. The van der Waals surface area contributed by atoms with Gasteiger partial charge < -0.3 is 15.5 Å². The Labute approximate surface area is 171 Å². The number of nitrogens with zero attached hydrogens (tertiary/aromatic N) is 3. The van der Waals surface area contributed by atoms with Crippen LogP contribution >= 0.6 is 11.6 Å². The summed E-state index contributed by atoms with van der Waals surface area (Å²) >= 11 is 6.15. The summed E-state index contributed by atoms with van der Waals surface area (Å²) in [6.45, 7) is 3.32. The lowest BCUT2D eigenvalue weighted by atomic mass is 10.2. The lowest BCUT2D eigenvalue weighted by Crippen LogP contribution is -2.27. The molecule has 2 N–H and O–H groups in total. The third-order valence-corrected chi connectivity index (χ3v) is 4.85. The predicted molar refractivity (Wildman–Crippen MR) is 105 cm³/mol. The minimum absolute atomic E-state index is 0.000902. The zero-order chi connectivity index (χ0) is 21.0. The van der Waals surface area contributed by atoms with Crippen LogP contribution in [0, 0.1) is 6.92 Å². The molecule has 1 aliphatic rings. The van der Waals surface area contributed by atoms with Crippen LogP contribution in [0.25, 0.3) is 0 Å². The van der Waals surface area contributed by atoms with Crippen LogP contribution in [-0.2, 0) is 11.0 Å². The number of alkyl halides is 3. The van der Waals surface area contributed by atoms with Crippen molar-refractivity contribution >= 4 is 35.0 Å². The molecule has 10 heteroatoms. The van der Waals surface area contributed by atoms with Gasteiger partial charge in [0, 0.05) is 32.3 Å². The van der Waals surface area contributed by atoms with Crippen molar-refractivity contribution in [3.05, 3.63) is 40.5 Å². The maximum atomic E-state index is 13.3. The van der Waals surface area contributed by atoms with E-state index in [4.69, 9.17) is 11.6 Å². The lowest BCUT2D eigenvalue weighted by molar-refractivity contribution is -0.137. The molecule has 1 aliphatic heterocycles. The van der Waals surface area contributed by atoms with Crippen molar-refractivity contribution in [1.82, 2.24) is 14.9 Å². The van der Waals surface area contributed by atoms with Crippen molar-refractivity contribution < 1.29 is 18.0 Å². The summed E-state index contributed by atoms with van der Waals surface area (Å²) in [4.78, 5) is 21.1. The molecule has 1 fully saturated rings. The first kappa shape index (κ1) is 21.2. The first-order valence-corrected chi connectivity index (χ1v) is 9.61. The number of hydrogen-bond donors (Lipinski definition) is 2. The summed E-state index contributed by atoms with van der Waals surface area (Å²) < 4.78 is 39.9. The average Bonchev–Trinajstić information content (AvgIpc) is 3.05. The third kappa shape index (κ3) is 5.50. The molecule has 0 bridgehead atoms. The molecular formula is C19H21ClF3N5O. The molecule has 6 nitrogen and oxygen atoms in total. The van der Waals surface area contributed by atoms with Crippen molar-refractivity contribution in [3.63, 3.8) is 0 Å². The Morgan fingerprint density at radius 1 is 1.31 bits per heavy atom. The topological polar surface area (TPSA) is 70.2 Å². The van der Waals surface area contributed by atoms with Crippen LogP contribution in [0.4, 0.5) is 30.6 Å². The van der Waals surface area contributed by atoms with Crippen molar-refractivity contribution in [2.75, 3.05) is 30.3 Å². The van der Waals surface area contributed by atoms with Crippen molar-refractivity contribution in [3.8, 4) is 0 Å². The SMILES string of the molecule is Cc1ccc(Nc2ncc(C(F)(F)F)c(NCCCN3CCCC3=O)n2)c(Cl)c1. The minimum Gasteiger partial charge on any atom is -0.369 e. The number of aromatic nitrogens is 2. The Balaban J connectivity index is 1.70. The fourth-order valence-corrected chi connectivity index (χ4v) is 3.33. The van der Waals surface area contributed by atoms with E-state index in [1.807, 2.05) is 13.0 Å². The van der Waals surface area contributed by atoms with Gasteiger partial charge in [0.1, 0.15) is 11.4 Å². The highest BCUT2D eigenvalue weighted by Gasteiger charge is 2.35. The predicted octanol–water partition coefficient (Wildman–Crippen LogP) is 4.63. The van der Waals surface area contributed by atoms with Crippen LogP contribution in [0.5, 0.6) is 0 Å². The normalized spacial score (nSPS) is 14.4. The first-order valence-electron chi connectivity index (χ1n) is 9.23. The van der Waals surface area contributed by atoms with Gasteiger partial charge in [-0.1, -0.05) is 17.7 Å². The highest BCUT2D eigenvalue weighted by Crippen LogP contribution is 2.34. The number of carbonyl (C=O) groups is 1. The fourth-order valence-electron chi connectivity index (χ4n) is 3.04. The first-order chi connectivity index (χ1) is 13.7. The van der Waals surface area contributed by atoms with Gasteiger partial charge in [-0.25, -0.2) is 4.98 Å². The van der Waals surface area contributed by atoms with E-state index in [9.17, 15) is 18.0 Å². The van der Waals surface area contributed by atoms with E-state index in [1.54, 1.807) is 17.0 Å². The Hall–Kier alpha value is -2.55. The highest BCUT2D eigenvalue weighted by atomic mass is 35.5. The quantitative estimate of drug-likeness (QED) is 0.631. The molecule has 29 heavy (non-hydrogen) atoms. The summed E-state index contributed by atoms with van der Waals surface area (Å²) in [5, 5.41) is 5.99. The second kappa shape index (κ2) is 8.86.